The number of carbonyl (C=O) groups excluding carboxylic acids is 1. The molecule has 0 aliphatic rings. The highest BCUT2D eigenvalue weighted by molar-refractivity contribution is 9.10. The lowest BCUT2D eigenvalue weighted by Gasteiger charge is -2.12. The zero-order valence-electron chi connectivity index (χ0n) is 7.23. The minimum Gasteiger partial charge on any atom is -0.397 e. The Morgan fingerprint density at radius 2 is 1.87 bits per heavy atom. The molecule has 15 heavy (non-hydrogen) atoms. The molecule has 0 heterocycles. The fourth-order valence-corrected chi connectivity index (χ4v) is 1.45. The number of benzene rings is 1. The van der Waals surface area contributed by atoms with Crippen LogP contribution in [0.25, 0.3) is 0 Å². The van der Waals surface area contributed by atoms with Crippen LogP contribution in [-0.4, -0.2) is 5.91 Å². The van der Waals surface area contributed by atoms with E-state index in [-0.39, 0.29) is 10.0 Å². The Labute approximate surface area is 91.4 Å². The van der Waals surface area contributed by atoms with Crippen LogP contribution in [0.2, 0.25) is 0 Å². The van der Waals surface area contributed by atoms with E-state index in [2.05, 4.69) is 15.9 Å². The first kappa shape index (κ1) is 11.8. The van der Waals surface area contributed by atoms with Gasteiger partial charge in [0.1, 0.15) is 0 Å². The fourth-order valence-electron chi connectivity index (χ4n) is 0.995. The van der Waals surface area contributed by atoms with Crippen molar-refractivity contribution in [3.05, 3.63) is 27.7 Å². The van der Waals surface area contributed by atoms with Crippen molar-refractivity contribution >= 4 is 27.5 Å². The minimum atomic E-state index is -4.61. The zero-order valence-corrected chi connectivity index (χ0v) is 8.82. The molecule has 0 aliphatic heterocycles. The number of carbonyl (C=O) groups is 1. The highest BCUT2D eigenvalue weighted by Crippen LogP contribution is 2.37. The van der Waals surface area contributed by atoms with Gasteiger partial charge in [-0.15, -0.1) is 0 Å². The number of anilines is 1. The van der Waals surface area contributed by atoms with E-state index in [1.807, 2.05) is 0 Å². The molecule has 1 rings (SSSR count). The number of hydrogen-bond donors (Lipinski definition) is 2. The van der Waals surface area contributed by atoms with Crippen LogP contribution in [0.3, 0.4) is 0 Å². The van der Waals surface area contributed by atoms with Crippen LogP contribution in [0.1, 0.15) is 15.9 Å². The summed E-state index contributed by atoms with van der Waals surface area (Å²) in [4.78, 5) is 10.7. The first-order chi connectivity index (χ1) is 6.73. The second kappa shape index (κ2) is 3.73. The third kappa shape index (κ3) is 2.41. The molecule has 3 nitrogen and oxygen atoms in total. The average molecular weight is 283 g/mol. The lowest BCUT2D eigenvalue weighted by atomic mass is 10.1. The number of rotatable bonds is 1. The van der Waals surface area contributed by atoms with E-state index < -0.39 is 23.3 Å². The van der Waals surface area contributed by atoms with E-state index in [1.54, 1.807) is 0 Å². The molecule has 0 radical (unpaired) electrons. The van der Waals surface area contributed by atoms with Gasteiger partial charge in [0.2, 0.25) is 5.91 Å². The summed E-state index contributed by atoms with van der Waals surface area (Å²) in [6.07, 6.45) is -4.61. The second-order valence-corrected chi connectivity index (χ2v) is 3.64. The van der Waals surface area contributed by atoms with E-state index in [0.717, 1.165) is 6.07 Å². The Balaban J connectivity index is 3.45. The number of hydrogen-bond acceptors (Lipinski definition) is 2. The van der Waals surface area contributed by atoms with Crippen molar-refractivity contribution in [2.75, 3.05) is 5.73 Å². The standard InChI is InChI=1S/C8H6BrF3N2O/c9-5-2-3(7(14)15)1-4(6(5)13)8(10,11)12/h1-2H,13H2,(H2,14,15). The molecule has 1 aromatic carbocycles. The summed E-state index contributed by atoms with van der Waals surface area (Å²) in [6, 6.07) is 1.77. The number of amides is 1. The molecule has 0 aliphatic carbocycles. The monoisotopic (exact) mass is 282 g/mol. The quantitative estimate of drug-likeness (QED) is 0.775. The maximum Gasteiger partial charge on any atom is 0.418 e. The largest absolute Gasteiger partial charge is 0.418 e. The van der Waals surface area contributed by atoms with Gasteiger partial charge in [0.05, 0.1) is 11.3 Å². The van der Waals surface area contributed by atoms with Crippen LogP contribution in [0.5, 0.6) is 0 Å². The summed E-state index contributed by atoms with van der Waals surface area (Å²) in [6.45, 7) is 0. The summed E-state index contributed by atoms with van der Waals surface area (Å²) < 4.78 is 37.2. The Hall–Kier alpha value is -1.24. The lowest BCUT2D eigenvalue weighted by Crippen LogP contribution is -2.15. The Morgan fingerprint density at radius 3 is 2.27 bits per heavy atom. The van der Waals surface area contributed by atoms with E-state index in [4.69, 9.17) is 11.5 Å². The van der Waals surface area contributed by atoms with Crippen molar-refractivity contribution in [1.82, 2.24) is 0 Å². The Kier molecular flexibility index (Phi) is 2.94. The average Bonchev–Trinajstić information content (AvgIpc) is 2.06. The van der Waals surface area contributed by atoms with Crippen LogP contribution in [-0.2, 0) is 6.18 Å². The van der Waals surface area contributed by atoms with Crippen molar-refractivity contribution < 1.29 is 18.0 Å². The van der Waals surface area contributed by atoms with Gasteiger partial charge in [-0.25, -0.2) is 0 Å². The Morgan fingerprint density at radius 1 is 1.33 bits per heavy atom. The molecule has 0 saturated heterocycles. The molecule has 0 aromatic heterocycles. The topological polar surface area (TPSA) is 69.1 Å². The number of halogens is 4. The third-order valence-electron chi connectivity index (χ3n) is 1.72. The van der Waals surface area contributed by atoms with Crippen LogP contribution >= 0.6 is 15.9 Å². The summed E-state index contributed by atoms with van der Waals surface area (Å²) in [5.41, 5.74) is 8.31. The molecule has 0 saturated carbocycles. The van der Waals surface area contributed by atoms with Crippen LogP contribution in [0.4, 0.5) is 18.9 Å². The molecule has 1 aromatic rings. The highest BCUT2D eigenvalue weighted by Gasteiger charge is 2.34. The molecule has 1 amide bonds. The summed E-state index contributed by atoms with van der Waals surface area (Å²) in [5, 5.41) is 0. The van der Waals surface area contributed by atoms with Gasteiger partial charge in [-0.3, -0.25) is 4.79 Å². The number of nitrogen functional groups attached to an aromatic ring is 1. The predicted octanol–water partition coefficient (Wildman–Crippen LogP) is 2.15. The van der Waals surface area contributed by atoms with Crippen molar-refractivity contribution in [3.8, 4) is 0 Å². The molecular formula is C8H6BrF3N2O. The van der Waals surface area contributed by atoms with Crippen molar-refractivity contribution in [3.63, 3.8) is 0 Å². The van der Waals surface area contributed by atoms with Crippen LogP contribution in [0.15, 0.2) is 16.6 Å². The second-order valence-electron chi connectivity index (χ2n) is 2.78. The first-order valence-electron chi connectivity index (χ1n) is 3.69. The SMILES string of the molecule is NC(=O)c1cc(Br)c(N)c(C(F)(F)F)c1. The molecule has 0 bridgehead atoms. The molecule has 0 unspecified atom stereocenters. The summed E-state index contributed by atoms with van der Waals surface area (Å²) >= 11 is 2.82. The maximum absolute atomic E-state index is 12.4. The molecule has 82 valence electrons. The molecule has 7 heteroatoms. The van der Waals surface area contributed by atoms with E-state index in [0.29, 0.717) is 6.07 Å². The van der Waals surface area contributed by atoms with Crippen molar-refractivity contribution in [2.24, 2.45) is 5.73 Å². The van der Waals surface area contributed by atoms with Gasteiger partial charge in [-0.2, -0.15) is 13.2 Å². The van der Waals surface area contributed by atoms with Crippen molar-refractivity contribution in [2.45, 2.75) is 6.18 Å². The first-order valence-corrected chi connectivity index (χ1v) is 4.49. The van der Waals surface area contributed by atoms with Gasteiger partial charge < -0.3 is 11.5 Å². The van der Waals surface area contributed by atoms with Gasteiger partial charge in [0, 0.05) is 10.0 Å². The van der Waals surface area contributed by atoms with Crippen LogP contribution in [0, 0.1) is 0 Å². The van der Waals surface area contributed by atoms with Gasteiger partial charge in [-0.05, 0) is 28.1 Å². The zero-order chi connectivity index (χ0) is 11.8. The molecule has 4 N–H and O–H groups in total. The third-order valence-corrected chi connectivity index (χ3v) is 2.38. The van der Waals surface area contributed by atoms with Gasteiger partial charge in [0.25, 0.3) is 0 Å². The molecule has 0 fully saturated rings. The smallest absolute Gasteiger partial charge is 0.397 e. The van der Waals surface area contributed by atoms with Gasteiger partial charge in [0.15, 0.2) is 0 Å². The molecule has 0 atom stereocenters. The highest BCUT2D eigenvalue weighted by atomic mass is 79.9. The van der Waals surface area contributed by atoms with Crippen molar-refractivity contribution in [1.29, 1.82) is 0 Å². The number of primary amides is 1. The van der Waals surface area contributed by atoms with Crippen LogP contribution < -0.4 is 11.5 Å². The van der Waals surface area contributed by atoms with E-state index >= 15 is 0 Å². The molecule has 0 spiro atoms. The molecular weight excluding hydrogens is 277 g/mol. The summed E-state index contributed by atoms with van der Waals surface area (Å²) in [7, 11) is 0. The maximum atomic E-state index is 12.4. The lowest BCUT2D eigenvalue weighted by molar-refractivity contribution is -0.136. The number of nitrogens with two attached hydrogens (primary N) is 2. The van der Waals surface area contributed by atoms with Gasteiger partial charge in [-0.1, -0.05) is 0 Å². The van der Waals surface area contributed by atoms with Gasteiger partial charge >= 0.3 is 6.18 Å². The Bertz CT molecular complexity index is 417. The van der Waals surface area contributed by atoms with E-state index in [9.17, 15) is 18.0 Å². The fraction of sp³-hybridized carbons (Fsp3) is 0.125. The number of alkyl halides is 3. The normalized spacial score (nSPS) is 11.5. The minimum absolute atomic E-state index is 0.00822. The van der Waals surface area contributed by atoms with E-state index in [1.165, 1.54) is 0 Å². The summed E-state index contributed by atoms with van der Waals surface area (Å²) in [5.74, 6) is -0.943. The predicted molar refractivity (Wildman–Crippen MR) is 52.1 cm³/mol.